The third kappa shape index (κ3) is 3.36. The van der Waals surface area contributed by atoms with Crippen LogP contribution in [0, 0.1) is 0 Å². The number of carbonyl (C=O) groups excluding carboxylic acids is 1. The van der Waals surface area contributed by atoms with Crippen molar-refractivity contribution in [1.82, 2.24) is 0 Å². The monoisotopic (exact) mass is 317 g/mol. The molecule has 5 nitrogen and oxygen atoms in total. The summed E-state index contributed by atoms with van der Waals surface area (Å²) < 4.78 is 15.7. The molecule has 0 spiro atoms. The topological polar surface area (TPSA) is 70.8 Å². The lowest BCUT2D eigenvalue weighted by Gasteiger charge is -2.16. The first kappa shape index (κ1) is 14.8. The van der Waals surface area contributed by atoms with Gasteiger partial charge in [0.25, 0.3) is 0 Å². The van der Waals surface area contributed by atoms with Gasteiger partial charge in [0.2, 0.25) is 0 Å². The van der Waals surface area contributed by atoms with E-state index in [-0.39, 0.29) is 12.4 Å². The number of hydrogen-bond donors (Lipinski definition) is 1. The number of halogens is 1. The molecule has 18 heavy (non-hydrogen) atoms. The van der Waals surface area contributed by atoms with Crippen molar-refractivity contribution in [2.24, 2.45) is 5.73 Å². The summed E-state index contributed by atoms with van der Waals surface area (Å²) in [6.45, 7) is 0. The first-order chi connectivity index (χ1) is 8.53. The molecule has 0 heterocycles. The van der Waals surface area contributed by atoms with Crippen molar-refractivity contribution in [1.29, 1.82) is 0 Å². The Bertz CT molecular complexity index is 436. The molecule has 0 bridgehead atoms. The summed E-state index contributed by atoms with van der Waals surface area (Å²) in [5, 5.41) is 0. The van der Waals surface area contributed by atoms with Crippen LogP contribution in [0.25, 0.3) is 0 Å². The van der Waals surface area contributed by atoms with Crippen LogP contribution in [0.3, 0.4) is 0 Å². The minimum atomic E-state index is -0.466. The number of rotatable bonds is 5. The van der Waals surface area contributed by atoms with E-state index in [1.807, 2.05) is 0 Å². The van der Waals surface area contributed by atoms with Crippen LogP contribution >= 0.6 is 15.9 Å². The molecule has 0 unspecified atom stereocenters. The van der Waals surface area contributed by atoms with Gasteiger partial charge in [0.05, 0.1) is 27.8 Å². The summed E-state index contributed by atoms with van der Waals surface area (Å²) in [5.74, 6) is 0.804. The van der Waals surface area contributed by atoms with E-state index in [0.29, 0.717) is 11.5 Å². The Morgan fingerprint density at radius 1 is 1.28 bits per heavy atom. The van der Waals surface area contributed by atoms with Crippen LogP contribution in [0.5, 0.6) is 11.5 Å². The molecule has 0 saturated carbocycles. The number of benzene rings is 1. The van der Waals surface area contributed by atoms with Crippen LogP contribution in [0.4, 0.5) is 0 Å². The molecule has 0 amide bonds. The normalized spacial score (nSPS) is 11.8. The van der Waals surface area contributed by atoms with Crippen LogP contribution in [0.15, 0.2) is 16.6 Å². The van der Waals surface area contributed by atoms with Crippen LogP contribution in [0.1, 0.15) is 18.0 Å². The summed E-state index contributed by atoms with van der Waals surface area (Å²) in [7, 11) is 4.43. The number of ether oxygens (including phenoxy) is 3. The van der Waals surface area contributed by atoms with Crippen molar-refractivity contribution in [3.63, 3.8) is 0 Å². The molecule has 2 N–H and O–H groups in total. The molecule has 6 heteroatoms. The predicted molar refractivity (Wildman–Crippen MR) is 70.8 cm³/mol. The molecule has 0 aliphatic carbocycles. The molecule has 1 rings (SSSR count). The summed E-state index contributed by atoms with van der Waals surface area (Å²) in [6, 6.07) is 3.04. The van der Waals surface area contributed by atoms with Crippen molar-refractivity contribution in [2.75, 3.05) is 21.3 Å². The summed E-state index contributed by atoms with van der Waals surface area (Å²) >= 11 is 3.40. The van der Waals surface area contributed by atoms with Crippen molar-refractivity contribution in [2.45, 2.75) is 12.5 Å². The summed E-state index contributed by atoms with van der Waals surface area (Å²) in [6.07, 6.45) is 0.102. The van der Waals surface area contributed by atoms with E-state index in [0.717, 1.165) is 10.0 Å². The third-order valence-electron chi connectivity index (χ3n) is 2.52. The van der Waals surface area contributed by atoms with Crippen LogP contribution in [0.2, 0.25) is 0 Å². The Hall–Kier alpha value is -1.27. The number of hydrogen-bond acceptors (Lipinski definition) is 5. The van der Waals surface area contributed by atoms with Gasteiger partial charge < -0.3 is 19.9 Å². The van der Waals surface area contributed by atoms with Gasteiger partial charge in [0.15, 0.2) is 11.5 Å². The molecule has 1 atom stereocenters. The smallest absolute Gasteiger partial charge is 0.307 e. The zero-order chi connectivity index (χ0) is 13.7. The Labute approximate surface area is 114 Å². The van der Waals surface area contributed by atoms with Gasteiger partial charge in [-0.2, -0.15) is 0 Å². The predicted octanol–water partition coefficient (Wildman–Crippen LogP) is 2.03. The second-order valence-electron chi connectivity index (χ2n) is 3.62. The average Bonchev–Trinajstić information content (AvgIpc) is 2.37. The van der Waals surface area contributed by atoms with E-state index >= 15 is 0 Å². The fraction of sp³-hybridized carbons (Fsp3) is 0.417. The third-order valence-corrected chi connectivity index (χ3v) is 3.20. The first-order valence-electron chi connectivity index (χ1n) is 5.27. The fourth-order valence-electron chi connectivity index (χ4n) is 1.53. The molecular weight excluding hydrogens is 302 g/mol. The molecular formula is C12H16BrNO4. The van der Waals surface area contributed by atoms with Gasteiger partial charge in [-0.1, -0.05) is 15.9 Å². The molecule has 100 valence electrons. The lowest BCUT2D eigenvalue weighted by Crippen LogP contribution is -2.17. The van der Waals surface area contributed by atoms with Crippen molar-refractivity contribution in [3.8, 4) is 11.5 Å². The Balaban J connectivity index is 3.05. The van der Waals surface area contributed by atoms with E-state index < -0.39 is 6.04 Å². The lowest BCUT2D eigenvalue weighted by molar-refractivity contribution is -0.141. The van der Waals surface area contributed by atoms with E-state index in [9.17, 15) is 4.79 Å². The van der Waals surface area contributed by atoms with Crippen molar-refractivity contribution >= 4 is 21.9 Å². The minimum absolute atomic E-state index is 0.102. The van der Waals surface area contributed by atoms with Gasteiger partial charge in [-0.05, 0) is 17.7 Å². The fourth-order valence-corrected chi connectivity index (χ4v) is 2.14. The lowest BCUT2D eigenvalue weighted by atomic mass is 10.0. The van der Waals surface area contributed by atoms with Crippen LogP contribution in [-0.4, -0.2) is 27.3 Å². The molecule has 0 saturated heterocycles. The number of carbonyl (C=O) groups is 1. The van der Waals surface area contributed by atoms with Gasteiger partial charge >= 0.3 is 5.97 Å². The van der Waals surface area contributed by atoms with Gasteiger partial charge in [-0.15, -0.1) is 0 Å². The molecule has 1 aromatic rings. The van der Waals surface area contributed by atoms with Gasteiger partial charge in [0, 0.05) is 10.5 Å². The van der Waals surface area contributed by atoms with Gasteiger partial charge in [-0.25, -0.2) is 0 Å². The Morgan fingerprint density at radius 3 is 2.33 bits per heavy atom. The molecule has 0 radical (unpaired) electrons. The van der Waals surface area contributed by atoms with Crippen molar-refractivity contribution in [3.05, 3.63) is 22.2 Å². The van der Waals surface area contributed by atoms with Crippen LogP contribution < -0.4 is 15.2 Å². The minimum Gasteiger partial charge on any atom is -0.493 e. The second-order valence-corrected chi connectivity index (χ2v) is 4.47. The van der Waals surface area contributed by atoms with E-state index in [2.05, 4.69) is 20.7 Å². The van der Waals surface area contributed by atoms with Crippen molar-refractivity contribution < 1.29 is 19.0 Å². The Morgan fingerprint density at radius 2 is 1.83 bits per heavy atom. The maximum absolute atomic E-state index is 11.2. The number of methoxy groups -OCH3 is 3. The highest BCUT2D eigenvalue weighted by Gasteiger charge is 2.18. The zero-order valence-corrected chi connectivity index (χ0v) is 12.1. The van der Waals surface area contributed by atoms with Crippen LogP contribution in [-0.2, 0) is 9.53 Å². The molecule has 0 aliphatic heterocycles. The van der Waals surface area contributed by atoms with Gasteiger partial charge in [0.1, 0.15) is 0 Å². The highest BCUT2D eigenvalue weighted by Crippen LogP contribution is 2.36. The average molecular weight is 318 g/mol. The largest absolute Gasteiger partial charge is 0.493 e. The number of nitrogens with two attached hydrogens (primary N) is 1. The number of esters is 1. The van der Waals surface area contributed by atoms with E-state index in [1.54, 1.807) is 26.4 Å². The summed E-state index contributed by atoms with van der Waals surface area (Å²) in [4.78, 5) is 11.2. The molecule has 1 aromatic carbocycles. The quantitative estimate of drug-likeness (QED) is 0.841. The van der Waals surface area contributed by atoms with E-state index in [1.165, 1.54) is 7.11 Å². The highest BCUT2D eigenvalue weighted by atomic mass is 79.9. The molecule has 0 aromatic heterocycles. The highest BCUT2D eigenvalue weighted by molar-refractivity contribution is 9.10. The maximum atomic E-state index is 11.2. The summed E-state index contributed by atoms with van der Waals surface area (Å²) in [5.41, 5.74) is 6.72. The second kappa shape index (κ2) is 6.61. The maximum Gasteiger partial charge on any atom is 0.307 e. The standard InChI is InChI=1S/C12H16BrNO4/c1-16-10-4-7(8(13)5-11(10)17-2)9(14)6-12(15)18-3/h4-5,9H,6,14H2,1-3H3/t9-/m1/s1. The first-order valence-corrected chi connectivity index (χ1v) is 6.06. The molecule has 0 aliphatic rings. The Kier molecular flexibility index (Phi) is 5.43. The molecule has 0 fully saturated rings. The van der Waals surface area contributed by atoms with Gasteiger partial charge in [-0.3, -0.25) is 4.79 Å². The zero-order valence-electron chi connectivity index (χ0n) is 10.5. The van der Waals surface area contributed by atoms with E-state index in [4.69, 9.17) is 15.2 Å². The SMILES string of the molecule is COC(=O)C[C@@H](N)c1cc(OC)c(OC)cc1Br.